The predicted molar refractivity (Wildman–Crippen MR) is 133 cm³/mol. The number of hydrogen-bond donors (Lipinski definition) is 0. The second-order valence-electron chi connectivity index (χ2n) is 7.36. The van der Waals surface area contributed by atoms with Crippen LogP contribution in [-0.4, -0.2) is 49.2 Å². The number of hydrogen-bond acceptors (Lipinski definition) is 8. The highest BCUT2D eigenvalue weighted by Crippen LogP contribution is 2.37. The van der Waals surface area contributed by atoms with Gasteiger partial charge in [-0.25, -0.2) is 5.01 Å². The Morgan fingerprint density at radius 1 is 1.06 bits per heavy atom. The predicted octanol–water partition coefficient (Wildman–Crippen LogP) is 4.78. The van der Waals surface area contributed by atoms with E-state index in [4.69, 9.17) is 14.2 Å². The summed E-state index contributed by atoms with van der Waals surface area (Å²) in [6, 6.07) is 18.7. The third kappa shape index (κ3) is 5.60. The molecule has 1 aliphatic heterocycles. The molecule has 2 aromatic carbocycles. The highest BCUT2D eigenvalue weighted by atomic mass is 32.2. The van der Waals surface area contributed by atoms with E-state index in [0.29, 0.717) is 17.9 Å². The van der Waals surface area contributed by atoms with E-state index in [1.807, 2.05) is 60.0 Å². The van der Waals surface area contributed by atoms with Gasteiger partial charge in [0.2, 0.25) is 0 Å². The maximum absolute atomic E-state index is 13.1. The van der Waals surface area contributed by atoms with E-state index < -0.39 is 5.97 Å². The molecule has 1 aromatic heterocycles. The minimum absolute atomic E-state index is 0.125. The van der Waals surface area contributed by atoms with Gasteiger partial charge in [-0.1, -0.05) is 30.3 Å². The molecule has 0 spiro atoms. The van der Waals surface area contributed by atoms with Crippen LogP contribution in [0.15, 0.2) is 76.0 Å². The lowest BCUT2D eigenvalue weighted by Gasteiger charge is -2.22. The van der Waals surface area contributed by atoms with Crippen LogP contribution in [-0.2, 0) is 14.3 Å². The Labute approximate surface area is 206 Å². The summed E-state index contributed by atoms with van der Waals surface area (Å²) in [5.41, 5.74) is 1.67. The molecule has 0 bridgehead atoms. The molecular formula is C25H24N2O5S2. The first kappa shape index (κ1) is 23.8. The van der Waals surface area contributed by atoms with Crippen molar-refractivity contribution in [2.45, 2.75) is 17.4 Å². The van der Waals surface area contributed by atoms with E-state index in [2.05, 4.69) is 5.10 Å². The molecule has 4 rings (SSSR count). The molecule has 1 unspecified atom stereocenters. The fraction of sp³-hybridized carbons (Fsp3) is 0.240. The molecule has 0 saturated heterocycles. The van der Waals surface area contributed by atoms with Crippen LogP contribution in [0.3, 0.4) is 0 Å². The maximum Gasteiger partial charge on any atom is 0.316 e. The summed E-state index contributed by atoms with van der Waals surface area (Å²) in [6.07, 6.45) is 0.541. The molecule has 176 valence electrons. The van der Waals surface area contributed by atoms with Crippen molar-refractivity contribution in [3.63, 3.8) is 0 Å². The number of ether oxygens (including phenoxy) is 3. The van der Waals surface area contributed by atoms with Gasteiger partial charge in [-0.3, -0.25) is 9.59 Å². The monoisotopic (exact) mass is 496 g/mol. The van der Waals surface area contributed by atoms with Crippen molar-refractivity contribution in [2.75, 3.05) is 26.6 Å². The topological polar surface area (TPSA) is 77.4 Å². The van der Waals surface area contributed by atoms with E-state index in [0.717, 1.165) is 21.0 Å². The second-order valence-corrected chi connectivity index (χ2v) is 9.36. The minimum atomic E-state index is -0.452. The van der Waals surface area contributed by atoms with Crippen molar-refractivity contribution < 1.29 is 23.8 Å². The van der Waals surface area contributed by atoms with Crippen molar-refractivity contribution in [3.05, 3.63) is 76.5 Å². The van der Waals surface area contributed by atoms with Gasteiger partial charge >= 0.3 is 5.97 Å². The zero-order valence-electron chi connectivity index (χ0n) is 18.8. The number of carbonyl (C=O) groups excluding carboxylic acids is 2. The Kier molecular flexibility index (Phi) is 7.87. The first-order valence-corrected chi connectivity index (χ1v) is 12.4. The van der Waals surface area contributed by atoms with Crippen LogP contribution in [0.1, 0.15) is 22.9 Å². The SMILES string of the molecule is COc1ccc(C2CC(c3cccs3)=NN2C(=O)COC(=O)CSc2ccccc2)cc1OC. The molecule has 9 heteroatoms. The average Bonchev–Trinajstić information content (AvgIpc) is 3.56. The van der Waals surface area contributed by atoms with Gasteiger partial charge in [-0.05, 0) is 41.3 Å². The summed E-state index contributed by atoms with van der Waals surface area (Å²) in [7, 11) is 3.14. The van der Waals surface area contributed by atoms with E-state index in [9.17, 15) is 9.59 Å². The smallest absolute Gasteiger partial charge is 0.316 e. The summed E-state index contributed by atoms with van der Waals surface area (Å²) in [4.78, 5) is 27.3. The first-order valence-electron chi connectivity index (χ1n) is 10.6. The number of amides is 1. The summed E-state index contributed by atoms with van der Waals surface area (Å²) in [6.45, 7) is -0.376. The molecular weight excluding hydrogens is 472 g/mol. The van der Waals surface area contributed by atoms with E-state index >= 15 is 0 Å². The van der Waals surface area contributed by atoms with E-state index in [1.165, 1.54) is 16.8 Å². The average molecular weight is 497 g/mol. The van der Waals surface area contributed by atoms with Gasteiger partial charge in [0, 0.05) is 11.3 Å². The molecule has 3 aromatic rings. The largest absolute Gasteiger partial charge is 0.493 e. The van der Waals surface area contributed by atoms with Crippen LogP contribution in [0, 0.1) is 0 Å². The number of esters is 1. The molecule has 1 atom stereocenters. The van der Waals surface area contributed by atoms with Gasteiger partial charge in [-0.15, -0.1) is 23.1 Å². The zero-order chi connectivity index (χ0) is 23.9. The standard InChI is InChI=1S/C25H24N2O5S2/c1-30-21-11-10-17(13-22(21)31-2)20-14-19(23-9-6-12-33-23)26-27(20)24(28)15-32-25(29)16-34-18-7-4-3-5-8-18/h3-13,20H,14-16H2,1-2H3. The molecule has 0 aliphatic carbocycles. The van der Waals surface area contributed by atoms with Crippen molar-refractivity contribution in [2.24, 2.45) is 5.10 Å². The van der Waals surface area contributed by atoms with Crippen molar-refractivity contribution >= 4 is 40.7 Å². The second kappa shape index (κ2) is 11.2. The number of carbonyl (C=O) groups is 2. The zero-order valence-corrected chi connectivity index (χ0v) is 20.4. The third-order valence-electron chi connectivity index (χ3n) is 5.22. The van der Waals surface area contributed by atoms with Gasteiger partial charge in [0.25, 0.3) is 5.91 Å². The molecule has 1 aliphatic rings. The molecule has 7 nitrogen and oxygen atoms in total. The molecule has 34 heavy (non-hydrogen) atoms. The minimum Gasteiger partial charge on any atom is -0.493 e. The van der Waals surface area contributed by atoms with E-state index in [1.54, 1.807) is 31.6 Å². The fourth-order valence-electron chi connectivity index (χ4n) is 3.56. The molecule has 2 heterocycles. The lowest BCUT2D eigenvalue weighted by atomic mass is 10.0. The van der Waals surface area contributed by atoms with Gasteiger partial charge < -0.3 is 14.2 Å². The number of hydrazone groups is 1. The van der Waals surface area contributed by atoms with Gasteiger partial charge in [0.05, 0.1) is 36.6 Å². The van der Waals surface area contributed by atoms with E-state index in [-0.39, 0.29) is 24.3 Å². The summed E-state index contributed by atoms with van der Waals surface area (Å²) >= 11 is 2.93. The number of nitrogens with zero attached hydrogens (tertiary/aromatic N) is 2. The maximum atomic E-state index is 13.1. The lowest BCUT2D eigenvalue weighted by molar-refractivity contribution is -0.150. The quantitative estimate of drug-likeness (QED) is 0.314. The normalized spacial score (nSPS) is 15.1. The Morgan fingerprint density at radius 2 is 1.85 bits per heavy atom. The highest BCUT2D eigenvalue weighted by Gasteiger charge is 2.34. The lowest BCUT2D eigenvalue weighted by Crippen LogP contribution is -2.31. The Bertz CT molecular complexity index is 1170. The van der Waals surface area contributed by atoms with Crippen LogP contribution >= 0.6 is 23.1 Å². The van der Waals surface area contributed by atoms with Gasteiger partial charge in [0.15, 0.2) is 18.1 Å². The highest BCUT2D eigenvalue weighted by molar-refractivity contribution is 8.00. The van der Waals surface area contributed by atoms with Crippen LogP contribution < -0.4 is 9.47 Å². The number of thioether (sulfide) groups is 1. The third-order valence-corrected chi connectivity index (χ3v) is 7.12. The molecule has 0 saturated carbocycles. The fourth-order valence-corrected chi connectivity index (χ4v) is 5.00. The Balaban J connectivity index is 1.47. The number of methoxy groups -OCH3 is 2. The van der Waals surface area contributed by atoms with Crippen molar-refractivity contribution in [1.29, 1.82) is 0 Å². The Morgan fingerprint density at radius 3 is 2.56 bits per heavy atom. The van der Waals surface area contributed by atoms with Crippen LogP contribution in [0.4, 0.5) is 0 Å². The number of rotatable bonds is 9. The molecule has 1 amide bonds. The molecule has 0 radical (unpaired) electrons. The molecule has 0 fully saturated rings. The Hall–Kier alpha value is -3.30. The van der Waals surface area contributed by atoms with Crippen LogP contribution in [0.5, 0.6) is 11.5 Å². The van der Waals surface area contributed by atoms with Crippen LogP contribution in [0.2, 0.25) is 0 Å². The summed E-state index contributed by atoms with van der Waals surface area (Å²) in [5, 5.41) is 7.98. The van der Waals surface area contributed by atoms with Crippen LogP contribution in [0.25, 0.3) is 0 Å². The first-order chi connectivity index (χ1) is 16.6. The number of benzene rings is 2. The molecule has 0 N–H and O–H groups in total. The van der Waals surface area contributed by atoms with Gasteiger partial charge in [0.1, 0.15) is 0 Å². The van der Waals surface area contributed by atoms with Crippen molar-refractivity contribution in [1.82, 2.24) is 5.01 Å². The summed E-state index contributed by atoms with van der Waals surface area (Å²) < 4.78 is 16.0. The van der Waals surface area contributed by atoms with Crippen molar-refractivity contribution in [3.8, 4) is 11.5 Å². The summed E-state index contributed by atoms with van der Waals surface area (Å²) in [5.74, 6) is 0.462. The number of thiophene rings is 1. The van der Waals surface area contributed by atoms with Gasteiger partial charge in [-0.2, -0.15) is 5.10 Å².